The van der Waals surface area contributed by atoms with Gasteiger partial charge in [0.05, 0.1) is 36.6 Å². The summed E-state index contributed by atoms with van der Waals surface area (Å²) in [5.41, 5.74) is 2.20. The van der Waals surface area contributed by atoms with Gasteiger partial charge in [0, 0.05) is 12.1 Å². The molecule has 29 heavy (non-hydrogen) atoms. The lowest BCUT2D eigenvalue weighted by atomic mass is 10.2. The summed E-state index contributed by atoms with van der Waals surface area (Å²) in [4.78, 5) is 12.9. The predicted octanol–water partition coefficient (Wildman–Crippen LogP) is 2.57. The highest BCUT2D eigenvalue weighted by molar-refractivity contribution is 5.59. The Kier molecular flexibility index (Phi) is 5.03. The fourth-order valence-corrected chi connectivity index (χ4v) is 3.04. The molecule has 0 N–H and O–H groups in total. The van der Waals surface area contributed by atoms with Gasteiger partial charge in [0.2, 0.25) is 0 Å². The fourth-order valence-electron chi connectivity index (χ4n) is 3.04. The molecule has 7 nitrogen and oxygen atoms in total. The first-order valence-corrected chi connectivity index (χ1v) is 9.09. The van der Waals surface area contributed by atoms with Crippen LogP contribution in [0, 0.1) is 0 Å². The van der Waals surface area contributed by atoms with Crippen LogP contribution < -0.4 is 14.7 Å². The zero-order chi connectivity index (χ0) is 20.2. The van der Waals surface area contributed by atoms with E-state index in [2.05, 4.69) is 16.8 Å². The van der Waals surface area contributed by atoms with Crippen LogP contribution in [0.5, 0.6) is 5.75 Å². The predicted molar refractivity (Wildman–Crippen MR) is 109 cm³/mol. The standard InChI is InChI=1S/C22H20N5O2/c1-3-13-25-14-10-17(11-15-25)26-16-20(29-2)22(28)21(24-26)19-9-12-23-27(19)18-7-5-4-6-8-18/h3-12,14-16H,1,13H2,2H3/q+1. The Morgan fingerprint density at radius 3 is 2.55 bits per heavy atom. The molecule has 0 aliphatic heterocycles. The number of methoxy groups -OCH3 is 1. The van der Waals surface area contributed by atoms with E-state index in [0.29, 0.717) is 12.2 Å². The minimum Gasteiger partial charge on any atom is -0.491 e. The number of para-hydroxylation sites is 1. The van der Waals surface area contributed by atoms with Crippen molar-refractivity contribution in [3.05, 3.63) is 96.2 Å². The lowest BCUT2D eigenvalue weighted by Gasteiger charge is -2.11. The molecule has 0 aliphatic carbocycles. The number of hydrogen-bond donors (Lipinski definition) is 0. The van der Waals surface area contributed by atoms with Crippen molar-refractivity contribution in [3.8, 4) is 28.5 Å². The van der Waals surface area contributed by atoms with E-state index in [1.165, 1.54) is 7.11 Å². The maximum absolute atomic E-state index is 12.9. The third-order valence-corrected chi connectivity index (χ3v) is 4.47. The maximum atomic E-state index is 12.9. The number of nitrogens with zero attached hydrogens (tertiary/aromatic N) is 5. The molecule has 0 amide bonds. The Hall–Kier alpha value is -4.00. The molecule has 4 rings (SSSR count). The summed E-state index contributed by atoms with van der Waals surface area (Å²) in [5, 5.41) is 8.96. The van der Waals surface area contributed by atoms with Crippen LogP contribution in [0.3, 0.4) is 0 Å². The zero-order valence-electron chi connectivity index (χ0n) is 16.0. The second-order valence-corrected chi connectivity index (χ2v) is 6.33. The number of allylic oxidation sites excluding steroid dienone is 1. The van der Waals surface area contributed by atoms with Crippen molar-refractivity contribution in [1.29, 1.82) is 0 Å². The van der Waals surface area contributed by atoms with Crippen molar-refractivity contribution in [2.24, 2.45) is 0 Å². The maximum Gasteiger partial charge on any atom is 0.251 e. The summed E-state index contributed by atoms with van der Waals surface area (Å²) in [6, 6.07) is 15.2. The van der Waals surface area contributed by atoms with E-state index in [1.54, 1.807) is 27.8 Å². The van der Waals surface area contributed by atoms with Crippen LogP contribution in [0.2, 0.25) is 0 Å². The second kappa shape index (κ2) is 7.93. The van der Waals surface area contributed by atoms with Gasteiger partial charge >= 0.3 is 0 Å². The average molecular weight is 386 g/mol. The third-order valence-electron chi connectivity index (χ3n) is 4.47. The molecule has 1 aromatic carbocycles. The Labute approximate surface area is 167 Å². The van der Waals surface area contributed by atoms with E-state index >= 15 is 0 Å². The van der Waals surface area contributed by atoms with Gasteiger partial charge in [-0.2, -0.15) is 10.2 Å². The Bertz CT molecular complexity index is 1190. The molecule has 0 fully saturated rings. The topological polar surface area (TPSA) is 65.8 Å². The van der Waals surface area contributed by atoms with Gasteiger partial charge in [0.25, 0.3) is 5.43 Å². The first kappa shape index (κ1) is 18.4. The lowest BCUT2D eigenvalue weighted by molar-refractivity contribution is -0.686. The molecule has 144 valence electrons. The number of aromatic nitrogens is 5. The molecule has 4 aromatic rings. The van der Waals surface area contributed by atoms with Gasteiger partial charge in [0.15, 0.2) is 30.4 Å². The fraction of sp³-hybridized carbons (Fsp3) is 0.0909. The summed E-state index contributed by atoms with van der Waals surface area (Å²) < 4.78 is 10.6. The third kappa shape index (κ3) is 3.58. The molecule has 0 radical (unpaired) electrons. The highest BCUT2D eigenvalue weighted by Gasteiger charge is 2.18. The summed E-state index contributed by atoms with van der Waals surface area (Å²) in [6.45, 7) is 4.46. The molecule has 0 aliphatic rings. The van der Waals surface area contributed by atoms with Crippen LogP contribution in [0.15, 0.2) is 90.8 Å². The van der Waals surface area contributed by atoms with Gasteiger partial charge in [-0.3, -0.25) is 4.79 Å². The van der Waals surface area contributed by atoms with E-state index in [9.17, 15) is 4.79 Å². The minimum atomic E-state index is -0.293. The van der Waals surface area contributed by atoms with Crippen molar-refractivity contribution in [1.82, 2.24) is 19.6 Å². The van der Waals surface area contributed by atoms with Gasteiger partial charge in [-0.15, -0.1) is 0 Å². The van der Waals surface area contributed by atoms with E-state index < -0.39 is 0 Å². The largest absolute Gasteiger partial charge is 0.491 e. The SMILES string of the molecule is C=CC[n+]1ccc(-n2cc(OC)c(=O)c(-c3ccnn3-c3ccccc3)n2)cc1. The van der Waals surface area contributed by atoms with Crippen LogP contribution in [0.4, 0.5) is 0 Å². The van der Waals surface area contributed by atoms with Crippen molar-refractivity contribution in [2.75, 3.05) is 7.11 Å². The van der Waals surface area contributed by atoms with Gasteiger partial charge in [-0.25, -0.2) is 13.9 Å². The van der Waals surface area contributed by atoms with Crippen molar-refractivity contribution in [2.45, 2.75) is 6.54 Å². The summed E-state index contributed by atoms with van der Waals surface area (Å²) in [5.74, 6) is 0.207. The highest BCUT2D eigenvalue weighted by atomic mass is 16.5. The highest BCUT2D eigenvalue weighted by Crippen LogP contribution is 2.20. The molecule has 0 atom stereocenters. The molecule has 0 unspecified atom stereocenters. The van der Waals surface area contributed by atoms with Crippen molar-refractivity contribution >= 4 is 0 Å². The van der Waals surface area contributed by atoms with Gasteiger partial charge < -0.3 is 4.74 Å². The molecule has 3 aromatic heterocycles. The molecular weight excluding hydrogens is 366 g/mol. The molecule has 3 heterocycles. The number of pyridine rings is 1. The summed E-state index contributed by atoms with van der Waals surface area (Å²) >= 11 is 0. The van der Waals surface area contributed by atoms with E-state index in [4.69, 9.17) is 4.74 Å². The lowest BCUT2D eigenvalue weighted by Crippen LogP contribution is -2.31. The van der Waals surface area contributed by atoms with E-state index in [1.807, 2.05) is 65.5 Å². The number of rotatable bonds is 6. The zero-order valence-corrected chi connectivity index (χ0v) is 16.0. The first-order valence-electron chi connectivity index (χ1n) is 9.09. The number of benzene rings is 1. The van der Waals surface area contributed by atoms with Crippen LogP contribution in [0.1, 0.15) is 0 Å². The summed E-state index contributed by atoms with van der Waals surface area (Å²) in [6.07, 6.45) is 8.91. The van der Waals surface area contributed by atoms with Crippen LogP contribution in [-0.4, -0.2) is 26.7 Å². The molecule has 7 heteroatoms. The molecule has 0 bridgehead atoms. The summed E-state index contributed by atoms with van der Waals surface area (Å²) in [7, 11) is 1.47. The van der Waals surface area contributed by atoms with E-state index in [0.717, 1.165) is 11.4 Å². The van der Waals surface area contributed by atoms with Crippen LogP contribution in [0.25, 0.3) is 22.8 Å². The van der Waals surface area contributed by atoms with Gasteiger partial charge in [-0.1, -0.05) is 24.8 Å². The average Bonchev–Trinajstić information content (AvgIpc) is 3.25. The Morgan fingerprint density at radius 1 is 1.10 bits per heavy atom. The van der Waals surface area contributed by atoms with Crippen LogP contribution in [-0.2, 0) is 6.54 Å². The number of hydrogen-bond acceptors (Lipinski definition) is 4. The first-order chi connectivity index (χ1) is 14.2. The second-order valence-electron chi connectivity index (χ2n) is 6.33. The molecule has 0 spiro atoms. The van der Waals surface area contributed by atoms with Gasteiger partial charge in [-0.05, 0) is 24.3 Å². The normalized spacial score (nSPS) is 10.7. The molecule has 0 saturated carbocycles. The Morgan fingerprint density at radius 2 is 1.86 bits per heavy atom. The number of ether oxygens (including phenoxy) is 1. The van der Waals surface area contributed by atoms with Crippen molar-refractivity contribution < 1.29 is 9.30 Å². The van der Waals surface area contributed by atoms with Crippen molar-refractivity contribution in [3.63, 3.8) is 0 Å². The van der Waals surface area contributed by atoms with E-state index in [-0.39, 0.29) is 16.9 Å². The van der Waals surface area contributed by atoms with Gasteiger partial charge in [0.1, 0.15) is 0 Å². The molecular formula is C22H20N5O2+. The van der Waals surface area contributed by atoms with Crippen LogP contribution >= 0.6 is 0 Å². The minimum absolute atomic E-state index is 0.207. The molecule has 0 saturated heterocycles. The Balaban J connectivity index is 1.85. The quantitative estimate of drug-likeness (QED) is 0.377. The monoisotopic (exact) mass is 386 g/mol. The smallest absolute Gasteiger partial charge is 0.251 e.